The van der Waals surface area contributed by atoms with Crippen LogP contribution in [0.1, 0.15) is 37.3 Å². The highest BCUT2D eigenvalue weighted by atomic mass is 19.3. The number of benzene rings is 1. The summed E-state index contributed by atoms with van der Waals surface area (Å²) >= 11 is 0. The first-order valence-corrected chi connectivity index (χ1v) is 6.62. The fourth-order valence-electron chi connectivity index (χ4n) is 2.62. The summed E-state index contributed by atoms with van der Waals surface area (Å²) in [6.07, 6.45) is 3.70. The van der Waals surface area contributed by atoms with Crippen LogP contribution in [-0.4, -0.2) is 20.3 Å². The van der Waals surface area contributed by atoms with E-state index in [1.807, 2.05) is 0 Å². The molecule has 0 heterocycles. The largest absolute Gasteiger partial charge is 0.493 e. The molecule has 0 spiro atoms. The van der Waals surface area contributed by atoms with Gasteiger partial charge in [-0.15, -0.1) is 0 Å². The second-order valence-corrected chi connectivity index (χ2v) is 5.24. The Morgan fingerprint density at radius 1 is 1.29 bits per heavy atom. The van der Waals surface area contributed by atoms with Gasteiger partial charge in [0, 0.05) is 6.92 Å². The maximum Gasteiger partial charge on any atom is 0.274 e. The Bertz CT molecular complexity index is 585. The van der Waals surface area contributed by atoms with Gasteiger partial charge in [0.1, 0.15) is 0 Å². The van der Waals surface area contributed by atoms with Crippen molar-refractivity contribution in [1.29, 1.82) is 0 Å². The number of alkyl halides is 2. The van der Waals surface area contributed by atoms with Crippen LogP contribution >= 0.6 is 0 Å². The minimum Gasteiger partial charge on any atom is -0.493 e. The van der Waals surface area contributed by atoms with Crippen molar-refractivity contribution in [3.8, 4) is 11.5 Å². The van der Waals surface area contributed by atoms with Crippen molar-refractivity contribution in [2.45, 2.75) is 37.6 Å². The van der Waals surface area contributed by atoms with E-state index in [1.165, 1.54) is 20.3 Å². The third-order valence-electron chi connectivity index (χ3n) is 3.93. The minimum atomic E-state index is -3.09. The molecule has 114 valence electrons. The standard InChI is InChI=1S/C15H17F2NO3/c1-14(16,17)11-7-10(8-12(20-2)13(11)21-3)15(18-9-19)5-4-6-15/h7-8H,4-6H2,1-3H3. The summed E-state index contributed by atoms with van der Waals surface area (Å²) in [4.78, 5) is 14.5. The summed E-state index contributed by atoms with van der Waals surface area (Å²) in [7, 11) is 2.70. The fourth-order valence-corrected chi connectivity index (χ4v) is 2.62. The molecule has 0 aromatic heterocycles. The molecule has 1 aliphatic carbocycles. The van der Waals surface area contributed by atoms with E-state index in [9.17, 15) is 13.6 Å². The van der Waals surface area contributed by atoms with E-state index in [-0.39, 0.29) is 17.1 Å². The first-order chi connectivity index (χ1) is 9.88. The molecule has 21 heavy (non-hydrogen) atoms. The van der Waals surface area contributed by atoms with Crippen LogP contribution in [0.25, 0.3) is 0 Å². The Balaban J connectivity index is 2.66. The number of hydrogen-bond donors (Lipinski definition) is 0. The van der Waals surface area contributed by atoms with Crippen LogP contribution in [0.15, 0.2) is 17.1 Å². The van der Waals surface area contributed by atoms with Gasteiger partial charge in [-0.3, -0.25) is 0 Å². The molecule has 0 radical (unpaired) electrons. The van der Waals surface area contributed by atoms with Gasteiger partial charge in [-0.1, -0.05) is 0 Å². The number of ether oxygens (including phenoxy) is 2. The van der Waals surface area contributed by atoms with Crippen LogP contribution in [0, 0.1) is 0 Å². The average Bonchev–Trinajstić information content (AvgIpc) is 2.40. The van der Waals surface area contributed by atoms with E-state index >= 15 is 0 Å². The average molecular weight is 297 g/mol. The molecule has 1 saturated carbocycles. The van der Waals surface area contributed by atoms with Crippen LogP contribution < -0.4 is 9.47 Å². The van der Waals surface area contributed by atoms with E-state index < -0.39 is 11.5 Å². The van der Waals surface area contributed by atoms with Crippen LogP contribution in [0.4, 0.5) is 8.78 Å². The Hall–Kier alpha value is -1.94. The first-order valence-electron chi connectivity index (χ1n) is 6.62. The molecule has 6 heteroatoms. The number of halogens is 2. The van der Waals surface area contributed by atoms with Gasteiger partial charge in [-0.25, -0.2) is 13.6 Å². The monoisotopic (exact) mass is 297 g/mol. The Morgan fingerprint density at radius 2 is 1.95 bits per heavy atom. The number of methoxy groups -OCH3 is 2. The van der Waals surface area contributed by atoms with Gasteiger partial charge >= 0.3 is 0 Å². The number of rotatable bonds is 5. The predicted molar refractivity (Wildman–Crippen MR) is 72.8 cm³/mol. The molecule has 1 aromatic rings. The highest BCUT2D eigenvalue weighted by molar-refractivity contribution is 5.54. The molecule has 1 aliphatic rings. The van der Waals surface area contributed by atoms with Gasteiger partial charge in [0.2, 0.25) is 6.08 Å². The number of nitrogens with zero attached hydrogens (tertiary/aromatic N) is 1. The third kappa shape index (κ3) is 2.63. The number of aliphatic imine (C=N–C) groups is 1. The summed E-state index contributed by atoms with van der Waals surface area (Å²) < 4.78 is 37.9. The van der Waals surface area contributed by atoms with Crippen LogP contribution in [0.2, 0.25) is 0 Å². The summed E-state index contributed by atoms with van der Waals surface area (Å²) in [6, 6.07) is 2.95. The molecule has 0 aliphatic heterocycles. The SMILES string of the molecule is COc1cc(C2(N=C=O)CCC2)cc(C(C)(F)F)c1OC. The van der Waals surface area contributed by atoms with Gasteiger partial charge in [0.25, 0.3) is 5.92 Å². The molecule has 2 rings (SSSR count). The Morgan fingerprint density at radius 3 is 2.33 bits per heavy atom. The molecule has 0 amide bonds. The minimum absolute atomic E-state index is 0.00157. The van der Waals surface area contributed by atoms with Gasteiger partial charge in [-0.2, -0.15) is 4.99 Å². The predicted octanol–water partition coefficient (Wildman–Crippen LogP) is 3.53. The molecule has 0 unspecified atom stereocenters. The summed E-state index contributed by atoms with van der Waals surface area (Å²) in [5.41, 5.74) is -0.501. The lowest BCUT2D eigenvalue weighted by Gasteiger charge is -2.38. The third-order valence-corrected chi connectivity index (χ3v) is 3.93. The second-order valence-electron chi connectivity index (χ2n) is 5.24. The maximum absolute atomic E-state index is 13.9. The topological polar surface area (TPSA) is 47.9 Å². The van der Waals surface area contributed by atoms with Gasteiger partial charge in [0.15, 0.2) is 11.5 Å². The molecular weight excluding hydrogens is 280 g/mol. The zero-order valence-electron chi connectivity index (χ0n) is 12.2. The molecular formula is C15H17F2NO3. The van der Waals surface area contributed by atoms with Gasteiger partial charge in [0.05, 0.1) is 25.3 Å². The van der Waals surface area contributed by atoms with E-state index in [0.29, 0.717) is 18.4 Å². The normalized spacial score (nSPS) is 16.6. The Labute approximate surface area is 121 Å². The maximum atomic E-state index is 13.9. The highest BCUT2D eigenvalue weighted by Gasteiger charge is 2.41. The molecule has 0 N–H and O–H groups in total. The summed E-state index contributed by atoms with van der Waals surface area (Å²) in [5, 5.41) is 0. The number of isocyanates is 1. The summed E-state index contributed by atoms with van der Waals surface area (Å²) in [6.45, 7) is 0.796. The number of carbonyl (C=O) groups excluding carboxylic acids is 1. The van der Waals surface area contributed by atoms with Crippen molar-refractivity contribution in [3.63, 3.8) is 0 Å². The van der Waals surface area contributed by atoms with Crippen LogP contribution in [0.3, 0.4) is 0 Å². The zero-order valence-corrected chi connectivity index (χ0v) is 12.2. The highest BCUT2D eigenvalue weighted by Crippen LogP contribution is 2.49. The second kappa shape index (κ2) is 5.45. The number of hydrogen-bond acceptors (Lipinski definition) is 4. The van der Waals surface area contributed by atoms with Crippen molar-refractivity contribution in [2.75, 3.05) is 14.2 Å². The van der Waals surface area contributed by atoms with E-state index in [1.54, 1.807) is 12.1 Å². The van der Waals surface area contributed by atoms with Crippen molar-refractivity contribution in [2.24, 2.45) is 4.99 Å². The van der Waals surface area contributed by atoms with Crippen molar-refractivity contribution in [1.82, 2.24) is 0 Å². The van der Waals surface area contributed by atoms with Gasteiger partial charge < -0.3 is 9.47 Å². The van der Waals surface area contributed by atoms with Crippen molar-refractivity contribution < 1.29 is 23.0 Å². The molecule has 1 aromatic carbocycles. The zero-order chi connectivity index (χ0) is 15.7. The molecule has 1 fully saturated rings. The van der Waals surface area contributed by atoms with Crippen LogP contribution in [-0.2, 0) is 16.3 Å². The smallest absolute Gasteiger partial charge is 0.274 e. The van der Waals surface area contributed by atoms with E-state index in [2.05, 4.69) is 4.99 Å². The molecule has 0 saturated heterocycles. The lowest BCUT2D eigenvalue weighted by atomic mass is 9.72. The fraction of sp³-hybridized carbons (Fsp3) is 0.533. The van der Waals surface area contributed by atoms with Crippen molar-refractivity contribution in [3.05, 3.63) is 23.3 Å². The Kier molecular flexibility index (Phi) is 4.01. The quantitative estimate of drug-likeness (QED) is 0.617. The first kappa shape index (κ1) is 15.4. The van der Waals surface area contributed by atoms with E-state index in [0.717, 1.165) is 13.3 Å². The van der Waals surface area contributed by atoms with E-state index in [4.69, 9.17) is 9.47 Å². The molecule has 4 nitrogen and oxygen atoms in total. The lowest BCUT2D eigenvalue weighted by molar-refractivity contribution is 0.0144. The molecule has 0 atom stereocenters. The summed E-state index contributed by atoms with van der Waals surface area (Å²) in [5.74, 6) is -2.89. The van der Waals surface area contributed by atoms with Crippen LogP contribution in [0.5, 0.6) is 11.5 Å². The molecule has 0 bridgehead atoms. The van der Waals surface area contributed by atoms with Crippen molar-refractivity contribution >= 4 is 6.08 Å². The lowest BCUT2D eigenvalue weighted by Crippen LogP contribution is -2.32. The van der Waals surface area contributed by atoms with Gasteiger partial charge in [-0.05, 0) is 37.0 Å².